The lowest BCUT2D eigenvalue weighted by Gasteiger charge is -2.30. The lowest BCUT2D eigenvalue weighted by Crippen LogP contribution is -2.51. The molecule has 72 valence electrons. The zero-order valence-corrected chi connectivity index (χ0v) is 7.62. The number of amides is 1. The summed E-state index contributed by atoms with van der Waals surface area (Å²) in [7, 11) is 0. The molecule has 1 N–H and O–H groups in total. The highest BCUT2D eigenvalue weighted by atomic mass is 16.6. The standard InChI is InChI=1S/C8H13N3O2/c1-7-6-11(4-3-10-7)8(12)13-5-2-9/h7,10H,3-6H2,1H3. The topological polar surface area (TPSA) is 65.4 Å². The fourth-order valence-electron chi connectivity index (χ4n) is 1.28. The van der Waals surface area contributed by atoms with Gasteiger partial charge in [-0.2, -0.15) is 5.26 Å². The summed E-state index contributed by atoms with van der Waals surface area (Å²) in [6.07, 6.45) is -0.394. The molecule has 5 nitrogen and oxygen atoms in total. The van der Waals surface area contributed by atoms with Gasteiger partial charge in [0, 0.05) is 25.7 Å². The molecule has 5 heteroatoms. The first-order chi connectivity index (χ1) is 6.24. The van der Waals surface area contributed by atoms with Crippen LogP contribution in [0.1, 0.15) is 6.92 Å². The van der Waals surface area contributed by atoms with E-state index in [0.717, 1.165) is 6.54 Å². The zero-order valence-electron chi connectivity index (χ0n) is 7.62. The van der Waals surface area contributed by atoms with Crippen molar-refractivity contribution in [2.75, 3.05) is 26.2 Å². The minimum atomic E-state index is -0.394. The first-order valence-electron chi connectivity index (χ1n) is 4.26. The number of carbonyl (C=O) groups excluding carboxylic acids is 1. The molecule has 1 rings (SSSR count). The van der Waals surface area contributed by atoms with Gasteiger partial charge >= 0.3 is 6.09 Å². The third-order valence-electron chi connectivity index (χ3n) is 1.89. The van der Waals surface area contributed by atoms with Crippen molar-refractivity contribution < 1.29 is 9.53 Å². The summed E-state index contributed by atoms with van der Waals surface area (Å²) in [4.78, 5) is 12.8. The Kier molecular flexibility index (Phi) is 3.53. The molecule has 0 radical (unpaired) electrons. The number of nitrogens with zero attached hydrogens (tertiary/aromatic N) is 2. The van der Waals surface area contributed by atoms with Crippen LogP contribution in [-0.4, -0.2) is 43.3 Å². The van der Waals surface area contributed by atoms with Crippen LogP contribution in [0, 0.1) is 11.3 Å². The molecule has 1 aliphatic heterocycles. The maximum atomic E-state index is 11.2. The second kappa shape index (κ2) is 4.67. The Morgan fingerprint density at radius 2 is 2.62 bits per heavy atom. The number of hydrogen-bond donors (Lipinski definition) is 1. The fourth-order valence-corrected chi connectivity index (χ4v) is 1.28. The Labute approximate surface area is 77.3 Å². The van der Waals surface area contributed by atoms with E-state index in [1.807, 2.05) is 6.92 Å². The van der Waals surface area contributed by atoms with Crippen molar-refractivity contribution in [2.45, 2.75) is 13.0 Å². The van der Waals surface area contributed by atoms with Crippen LogP contribution < -0.4 is 5.32 Å². The van der Waals surface area contributed by atoms with Crippen LogP contribution in [0.5, 0.6) is 0 Å². The van der Waals surface area contributed by atoms with Gasteiger partial charge in [-0.3, -0.25) is 0 Å². The molecule has 1 heterocycles. The van der Waals surface area contributed by atoms with Gasteiger partial charge in [0.15, 0.2) is 6.61 Å². The summed E-state index contributed by atoms with van der Waals surface area (Å²) in [6.45, 7) is 3.91. The van der Waals surface area contributed by atoms with Crippen molar-refractivity contribution in [3.63, 3.8) is 0 Å². The predicted molar refractivity (Wildman–Crippen MR) is 46.0 cm³/mol. The molecular weight excluding hydrogens is 170 g/mol. The molecule has 0 saturated carbocycles. The fraction of sp³-hybridized carbons (Fsp3) is 0.750. The van der Waals surface area contributed by atoms with Crippen molar-refractivity contribution >= 4 is 6.09 Å². The summed E-state index contributed by atoms with van der Waals surface area (Å²) < 4.78 is 4.68. The largest absolute Gasteiger partial charge is 0.434 e. The molecule has 1 atom stereocenters. The van der Waals surface area contributed by atoms with E-state index < -0.39 is 6.09 Å². The quantitative estimate of drug-likeness (QED) is 0.618. The molecule has 1 saturated heterocycles. The average Bonchev–Trinajstić information content (AvgIpc) is 2.14. The molecule has 1 unspecified atom stereocenters. The highest BCUT2D eigenvalue weighted by molar-refractivity contribution is 5.67. The summed E-state index contributed by atoms with van der Waals surface area (Å²) in [5.74, 6) is 0. The molecule has 1 fully saturated rings. The number of hydrogen-bond acceptors (Lipinski definition) is 4. The Morgan fingerprint density at radius 3 is 3.23 bits per heavy atom. The highest BCUT2D eigenvalue weighted by Gasteiger charge is 2.20. The first kappa shape index (κ1) is 9.81. The Morgan fingerprint density at radius 1 is 1.85 bits per heavy atom. The van der Waals surface area contributed by atoms with Crippen LogP contribution in [-0.2, 0) is 4.74 Å². The van der Waals surface area contributed by atoms with Gasteiger partial charge in [-0.1, -0.05) is 0 Å². The smallest absolute Gasteiger partial charge is 0.410 e. The van der Waals surface area contributed by atoms with Gasteiger partial charge in [-0.25, -0.2) is 4.79 Å². The van der Waals surface area contributed by atoms with E-state index in [1.165, 1.54) is 0 Å². The van der Waals surface area contributed by atoms with Gasteiger partial charge in [0.25, 0.3) is 0 Å². The summed E-state index contributed by atoms with van der Waals surface area (Å²) in [5, 5.41) is 11.4. The number of nitriles is 1. The van der Waals surface area contributed by atoms with E-state index in [1.54, 1.807) is 11.0 Å². The minimum absolute atomic E-state index is 0.170. The van der Waals surface area contributed by atoms with E-state index in [9.17, 15) is 4.79 Å². The van der Waals surface area contributed by atoms with Gasteiger partial charge in [-0.15, -0.1) is 0 Å². The lowest BCUT2D eigenvalue weighted by molar-refractivity contribution is 0.102. The maximum absolute atomic E-state index is 11.2. The first-order valence-corrected chi connectivity index (χ1v) is 4.26. The summed E-state index contributed by atoms with van der Waals surface area (Å²) in [5.41, 5.74) is 0. The number of carbonyl (C=O) groups is 1. The Hall–Kier alpha value is -1.28. The third kappa shape index (κ3) is 2.92. The SMILES string of the molecule is CC1CN(C(=O)OCC#N)CCN1. The number of piperazine rings is 1. The summed E-state index contributed by atoms with van der Waals surface area (Å²) >= 11 is 0. The number of ether oxygens (including phenoxy) is 1. The van der Waals surface area contributed by atoms with Crippen molar-refractivity contribution in [3.05, 3.63) is 0 Å². The summed E-state index contributed by atoms with van der Waals surface area (Å²) in [6, 6.07) is 2.06. The predicted octanol–water partition coefficient (Wildman–Crippen LogP) is -0.0597. The number of nitrogens with one attached hydrogen (secondary N) is 1. The van der Waals surface area contributed by atoms with E-state index >= 15 is 0 Å². The van der Waals surface area contributed by atoms with Crippen LogP contribution in [0.15, 0.2) is 0 Å². The zero-order chi connectivity index (χ0) is 9.68. The van der Waals surface area contributed by atoms with Gasteiger partial charge in [0.1, 0.15) is 6.07 Å². The third-order valence-corrected chi connectivity index (χ3v) is 1.89. The van der Waals surface area contributed by atoms with Crippen molar-refractivity contribution in [2.24, 2.45) is 0 Å². The molecule has 0 bridgehead atoms. The molecule has 0 aromatic rings. The Bertz CT molecular complexity index is 224. The Balaban J connectivity index is 2.33. The monoisotopic (exact) mass is 183 g/mol. The second-order valence-electron chi connectivity index (χ2n) is 3.01. The lowest BCUT2D eigenvalue weighted by atomic mass is 10.2. The molecule has 13 heavy (non-hydrogen) atoms. The maximum Gasteiger partial charge on any atom is 0.410 e. The van der Waals surface area contributed by atoms with E-state index in [0.29, 0.717) is 19.1 Å². The molecule has 0 aromatic heterocycles. The van der Waals surface area contributed by atoms with E-state index in [2.05, 4.69) is 10.1 Å². The van der Waals surface area contributed by atoms with E-state index in [-0.39, 0.29) is 6.61 Å². The van der Waals surface area contributed by atoms with Crippen LogP contribution in [0.25, 0.3) is 0 Å². The van der Waals surface area contributed by atoms with Crippen LogP contribution in [0.2, 0.25) is 0 Å². The number of rotatable bonds is 1. The van der Waals surface area contributed by atoms with Crippen molar-refractivity contribution in [1.82, 2.24) is 10.2 Å². The van der Waals surface area contributed by atoms with Gasteiger partial charge < -0.3 is 15.0 Å². The van der Waals surface area contributed by atoms with Crippen LogP contribution in [0.4, 0.5) is 4.79 Å². The molecule has 1 amide bonds. The van der Waals surface area contributed by atoms with E-state index in [4.69, 9.17) is 5.26 Å². The van der Waals surface area contributed by atoms with Crippen LogP contribution >= 0.6 is 0 Å². The van der Waals surface area contributed by atoms with Crippen molar-refractivity contribution in [3.8, 4) is 6.07 Å². The average molecular weight is 183 g/mol. The van der Waals surface area contributed by atoms with Gasteiger partial charge in [0.2, 0.25) is 0 Å². The second-order valence-corrected chi connectivity index (χ2v) is 3.01. The molecule has 0 aliphatic carbocycles. The molecule has 1 aliphatic rings. The minimum Gasteiger partial charge on any atom is -0.434 e. The van der Waals surface area contributed by atoms with Crippen LogP contribution in [0.3, 0.4) is 0 Å². The normalized spacial score (nSPS) is 22.2. The van der Waals surface area contributed by atoms with Crippen molar-refractivity contribution in [1.29, 1.82) is 5.26 Å². The highest BCUT2D eigenvalue weighted by Crippen LogP contribution is 2.00. The molecular formula is C8H13N3O2. The van der Waals surface area contributed by atoms with Gasteiger partial charge in [-0.05, 0) is 6.92 Å². The van der Waals surface area contributed by atoms with Gasteiger partial charge in [0.05, 0.1) is 0 Å². The molecule has 0 aromatic carbocycles. The molecule has 0 spiro atoms.